The molecule has 0 fully saturated rings. The molecule has 0 saturated heterocycles. The molecular formula is C22H20BrN5O2. The molecule has 0 aliphatic carbocycles. The van der Waals surface area contributed by atoms with E-state index >= 15 is 0 Å². The van der Waals surface area contributed by atoms with Crippen molar-refractivity contribution in [3.63, 3.8) is 0 Å². The third kappa shape index (κ3) is 3.78. The lowest BCUT2D eigenvalue weighted by molar-refractivity contribution is -0.142. The van der Waals surface area contributed by atoms with Gasteiger partial charge in [0.2, 0.25) is 0 Å². The molecule has 0 radical (unpaired) electrons. The van der Waals surface area contributed by atoms with Gasteiger partial charge in [0.1, 0.15) is 17.9 Å². The molecule has 7 nitrogen and oxygen atoms in total. The predicted octanol–water partition coefficient (Wildman–Crippen LogP) is 4.45. The van der Waals surface area contributed by atoms with Crippen LogP contribution in [0.15, 0.2) is 53.1 Å². The Kier molecular flexibility index (Phi) is 5.50. The van der Waals surface area contributed by atoms with E-state index in [4.69, 9.17) is 20.4 Å². The van der Waals surface area contributed by atoms with Crippen LogP contribution in [-0.4, -0.2) is 25.5 Å². The van der Waals surface area contributed by atoms with E-state index in [1.54, 1.807) is 6.20 Å². The lowest BCUT2D eigenvalue weighted by atomic mass is 10.2. The number of pyridine rings is 2. The van der Waals surface area contributed by atoms with E-state index in [9.17, 15) is 4.79 Å². The number of nitrogens with zero attached hydrogens (tertiary/aromatic N) is 4. The first kappa shape index (κ1) is 20.0. The third-order valence-electron chi connectivity index (χ3n) is 4.71. The van der Waals surface area contributed by atoms with Gasteiger partial charge in [0, 0.05) is 23.3 Å². The molecule has 30 heavy (non-hydrogen) atoms. The van der Waals surface area contributed by atoms with Gasteiger partial charge in [-0.3, -0.25) is 9.36 Å². The zero-order chi connectivity index (χ0) is 21.3. The number of nitrogens with two attached hydrogens (primary N) is 1. The maximum Gasteiger partial charge on any atom is 0.302 e. The van der Waals surface area contributed by atoms with Gasteiger partial charge in [0.05, 0.1) is 11.3 Å². The topological polar surface area (TPSA) is 95.9 Å². The highest BCUT2D eigenvalue weighted by atomic mass is 79.9. The molecule has 0 bridgehead atoms. The molecule has 0 amide bonds. The summed E-state index contributed by atoms with van der Waals surface area (Å²) < 4.78 is 7.98. The van der Waals surface area contributed by atoms with E-state index in [-0.39, 0.29) is 12.6 Å². The molecule has 0 atom stereocenters. The van der Waals surface area contributed by atoms with E-state index in [0.717, 1.165) is 44.6 Å². The van der Waals surface area contributed by atoms with Crippen molar-refractivity contribution in [2.24, 2.45) is 0 Å². The average molecular weight is 466 g/mol. The minimum atomic E-state index is -0.309. The summed E-state index contributed by atoms with van der Waals surface area (Å²) in [5.74, 6) is 0.752. The molecule has 0 unspecified atom stereocenters. The van der Waals surface area contributed by atoms with Crippen LogP contribution in [0, 0.1) is 0 Å². The van der Waals surface area contributed by atoms with Crippen molar-refractivity contribution in [2.75, 3.05) is 5.73 Å². The Bertz CT molecular complexity index is 1230. The van der Waals surface area contributed by atoms with E-state index < -0.39 is 0 Å². The average Bonchev–Trinajstić information content (AvgIpc) is 3.10. The van der Waals surface area contributed by atoms with Gasteiger partial charge in [-0.2, -0.15) is 0 Å². The number of rotatable bonds is 5. The molecule has 0 aliphatic rings. The minimum Gasteiger partial charge on any atom is -0.461 e. The number of hydrogen-bond acceptors (Lipinski definition) is 6. The van der Waals surface area contributed by atoms with Crippen LogP contribution in [0.4, 0.5) is 5.82 Å². The molecule has 3 aromatic heterocycles. The van der Waals surface area contributed by atoms with Crippen LogP contribution in [0.5, 0.6) is 0 Å². The van der Waals surface area contributed by atoms with Gasteiger partial charge in [0.15, 0.2) is 11.5 Å². The van der Waals surface area contributed by atoms with Crippen LogP contribution < -0.4 is 5.73 Å². The summed E-state index contributed by atoms with van der Waals surface area (Å²) in [6, 6.07) is 13.4. The Balaban J connectivity index is 1.91. The fraction of sp³-hybridized carbons (Fsp3) is 0.182. The first-order chi connectivity index (χ1) is 14.5. The number of carbonyl (C=O) groups excluding carboxylic acids is 1. The highest BCUT2D eigenvalue weighted by Crippen LogP contribution is 2.32. The number of anilines is 1. The number of ether oxygens (including phenoxy) is 1. The predicted molar refractivity (Wildman–Crippen MR) is 119 cm³/mol. The van der Waals surface area contributed by atoms with Gasteiger partial charge < -0.3 is 10.5 Å². The molecule has 0 aliphatic heterocycles. The number of esters is 1. The first-order valence-electron chi connectivity index (χ1n) is 9.49. The van der Waals surface area contributed by atoms with Crippen molar-refractivity contribution in [1.29, 1.82) is 0 Å². The number of halogens is 1. The zero-order valence-corrected chi connectivity index (χ0v) is 18.2. The zero-order valence-electron chi connectivity index (χ0n) is 16.6. The van der Waals surface area contributed by atoms with Crippen molar-refractivity contribution >= 4 is 38.9 Å². The fourth-order valence-electron chi connectivity index (χ4n) is 3.22. The maximum absolute atomic E-state index is 11.1. The largest absolute Gasteiger partial charge is 0.461 e. The second-order valence-corrected chi connectivity index (χ2v) is 7.62. The summed E-state index contributed by atoms with van der Waals surface area (Å²) in [6.45, 7) is 3.68. The SMILES string of the molecule is CCc1nc2c(cc1Br)nc(-c1cccnc1N)n2-c1ccc(COC(C)=O)cc1. The molecule has 152 valence electrons. The summed E-state index contributed by atoms with van der Waals surface area (Å²) in [7, 11) is 0. The van der Waals surface area contributed by atoms with Crippen LogP contribution in [0.1, 0.15) is 25.1 Å². The molecule has 2 N–H and O–H groups in total. The van der Waals surface area contributed by atoms with E-state index in [1.165, 1.54) is 6.92 Å². The monoisotopic (exact) mass is 465 g/mol. The fourth-order valence-corrected chi connectivity index (χ4v) is 3.81. The van der Waals surface area contributed by atoms with Gasteiger partial charge in [0.25, 0.3) is 0 Å². The summed E-state index contributed by atoms with van der Waals surface area (Å²) in [5, 5.41) is 0. The smallest absolute Gasteiger partial charge is 0.302 e. The quantitative estimate of drug-likeness (QED) is 0.437. The number of aryl methyl sites for hydroxylation is 1. The molecule has 0 spiro atoms. The van der Waals surface area contributed by atoms with E-state index in [2.05, 4.69) is 27.8 Å². The van der Waals surface area contributed by atoms with Gasteiger partial charge in [-0.05, 0) is 58.2 Å². The second-order valence-electron chi connectivity index (χ2n) is 6.77. The van der Waals surface area contributed by atoms with Gasteiger partial charge in [-0.25, -0.2) is 15.0 Å². The van der Waals surface area contributed by atoms with Crippen molar-refractivity contribution in [1.82, 2.24) is 19.5 Å². The molecule has 1 aromatic carbocycles. The normalized spacial score (nSPS) is 11.0. The molecular weight excluding hydrogens is 446 g/mol. The Morgan fingerprint density at radius 3 is 2.63 bits per heavy atom. The summed E-state index contributed by atoms with van der Waals surface area (Å²) >= 11 is 3.59. The molecule has 3 heterocycles. The van der Waals surface area contributed by atoms with Crippen LogP contribution in [0.2, 0.25) is 0 Å². The first-order valence-corrected chi connectivity index (χ1v) is 10.3. The van der Waals surface area contributed by atoms with Crippen LogP contribution in [-0.2, 0) is 22.6 Å². The number of nitrogen functional groups attached to an aromatic ring is 1. The van der Waals surface area contributed by atoms with Crippen molar-refractivity contribution in [2.45, 2.75) is 26.9 Å². The van der Waals surface area contributed by atoms with E-state index in [0.29, 0.717) is 11.6 Å². The van der Waals surface area contributed by atoms with Crippen molar-refractivity contribution in [3.05, 3.63) is 64.4 Å². The highest BCUT2D eigenvalue weighted by molar-refractivity contribution is 9.10. The number of hydrogen-bond donors (Lipinski definition) is 1. The van der Waals surface area contributed by atoms with Crippen LogP contribution in [0.25, 0.3) is 28.2 Å². The minimum absolute atomic E-state index is 0.230. The van der Waals surface area contributed by atoms with Gasteiger partial charge >= 0.3 is 5.97 Å². The summed E-state index contributed by atoms with van der Waals surface area (Å²) in [4.78, 5) is 25.0. The van der Waals surface area contributed by atoms with Crippen molar-refractivity contribution in [3.8, 4) is 17.1 Å². The number of carbonyl (C=O) groups is 1. The second kappa shape index (κ2) is 8.23. The molecule has 4 rings (SSSR count). The Morgan fingerprint density at radius 2 is 1.97 bits per heavy atom. The lowest BCUT2D eigenvalue weighted by Gasteiger charge is -2.11. The number of imidazole rings is 1. The maximum atomic E-state index is 11.1. The lowest BCUT2D eigenvalue weighted by Crippen LogP contribution is -2.03. The van der Waals surface area contributed by atoms with Crippen LogP contribution >= 0.6 is 15.9 Å². The number of fused-ring (bicyclic) bond motifs is 1. The molecule has 8 heteroatoms. The van der Waals surface area contributed by atoms with Crippen molar-refractivity contribution < 1.29 is 9.53 Å². The number of aromatic nitrogens is 4. The standard InChI is InChI=1S/C22H20BrN5O2/c1-3-18-17(23)11-19-22(26-18)28(21(27-19)16-5-4-10-25-20(16)24)15-8-6-14(7-9-15)12-30-13(2)29/h4-11H,3,12H2,1-2H3,(H2,24,25). The summed E-state index contributed by atoms with van der Waals surface area (Å²) in [5.41, 5.74) is 11.1. The van der Waals surface area contributed by atoms with Gasteiger partial charge in [-0.15, -0.1) is 0 Å². The van der Waals surface area contributed by atoms with Crippen LogP contribution in [0.3, 0.4) is 0 Å². The number of benzene rings is 1. The molecule has 0 saturated carbocycles. The van der Waals surface area contributed by atoms with E-state index in [1.807, 2.05) is 47.0 Å². The summed E-state index contributed by atoms with van der Waals surface area (Å²) in [6.07, 6.45) is 2.44. The molecule has 4 aromatic rings. The van der Waals surface area contributed by atoms with Gasteiger partial charge in [-0.1, -0.05) is 19.1 Å². The third-order valence-corrected chi connectivity index (χ3v) is 5.40. The Morgan fingerprint density at radius 1 is 1.20 bits per heavy atom. The Hall–Kier alpha value is -3.26. The Labute approximate surface area is 182 Å². The highest BCUT2D eigenvalue weighted by Gasteiger charge is 2.19.